The molecule has 0 spiro atoms. The normalized spacial score (nSPS) is 12.2. The summed E-state index contributed by atoms with van der Waals surface area (Å²) in [5.74, 6) is -2.21. The zero-order valence-electron chi connectivity index (χ0n) is 10.2. The molecule has 0 heterocycles. The summed E-state index contributed by atoms with van der Waals surface area (Å²) in [6, 6.07) is 2.98. The minimum Gasteiger partial charge on any atom is -0.478 e. The van der Waals surface area contributed by atoms with Gasteiger partial charge in [0.2, 0.25) is 10.0 Å². The summed E-state index contributed by atoms with van der Waals surface area (Å²) in [5, 5.41) is 8.66. The molecule has 1 rings (SSSR count). The number of halogens is 1. The molecule has 7 heteroatoms. The molecule has 0 aliphatic heterocycles. The van der Waals surface area contributed by atoms with Gasteiger partial charge in [0.05, 0.1) is 16.0 Å². The summed E-state index contributed by atoms with van der Waals surface area (Å²) in [4.78, 5) is 10.6. The lowest BCUT2D eigenvalue weighted by Crippen LogP contribution is -2.34. The number of carbonyl (C=O) groups is 1. The molecular formula is C11H14FNO4S. The van der Waals surface area contributed by atoms with E-state index in [2.05, 4.69) is 4.72 Å². The number of anilines is 1. The molecule has 1 aromatic carbocycles. The van der Waals surface area contributed by atoms with E-state index in [0.717, 1.165) is 18.2 Å². The number of hydrogen-bond acceptors (Lipinski definition) is 3. The van der Waals surface area contributed by atoms with Gasteiger partial charge in [-0.05, 0) is 39.0 Å². The minimum atomic E-state index is -3.74. The zero-order valence-corrected chi connectivity index (χ0v) is 11.0. The van der Waals surface area contributed by atoms with Crippen LogP contribution < -0.4 is 4.72 Å². The van der Waals surface area contributed by atoms with E-state index in [0.29, 0.717) is 0 Å². The van der Waals surface area contributed by atoms with E-state index in [-0.39, 0.29) is 11.3 Å². The Hall–Kier alpha value is -1.63. The van der Waals surface area contributed by atoms with Gasteiger partial charge in [0.1, 0.15) is 5.82 Å². The maximum atomic E-state index is 13.5. The molecule has 0 atom stereocenters. The Morgan fingerprint density at radius 1 is 1.33 bits per heavy atom. The van der Waals surface area contributed by atoms with Gasteiger partial charge in [-0.2, -0.15) is 0 Å². The van der Waals surface area contributed by atoms with Gasteiger partial charge >= 0.3 is 5.97 Å². The first kappa shape index (κ1) is 14.4. The summed E-state index contributed by atoms with van der Waals surface area (Å²) in [5.41, 5.74) is -0.513. The van der Waals surface area contributed by atoms with Crippen molar-refractivity contribution in [2.24, 2.45) is 0 Å². The molecule has 0 bridgehead atoms. The molecule has 0 aromatic heterocycles. The molecule has 1 aromatic rings. The van der Waals surface area contributed by atoms with Gasteiger partial charge in [-0.25, -0.2) is 17.6 Å². The fraction of sp³-hybridized carbons (Fsp3) is 0.364. The fourth-order valence-electron chi connectivity index (χ4n) is 1.03. The van der Waals surface area contributed by atoms with Crippen molar-refractivity contribution in [1.29, 1.82) is 0 Å². The summed E-state index contributed by atoms with van der Waals surface area (Å²) in [6.07, 6.45) is 0. The summed E-state index contributed by atoms with van der Waals surface area (Å²) >= 11 is 0. The van der Waals surface area contributed by atoms with Crippen molar-refractivity contribution in [2.75, 3.05) is 4.72 Å². The Labute approximate surface area is 105 Å². The lowest BCUT2D eigenvalue weighted by atomic mass is 10.2. The van der Waals surface area contributed by atoms with Crippen molar-refractivity contribution in [3.8, 4) is 0 Å². The fourth-order valence-corrected chi connectivity index (χ4v) is 1.79. The number of hydrogen-bond donors (Lipinski definition) is 2. The monoisotopic (exact) mass is 275 g/mol. The third-order valence-electron chi connectivity index (χ3n) is 2.27. The first-order valence-corrected chi connectivity index (χ1v) is 6.58. The first-order valence-electron chi connectivity index (χ1n) is 5.10. The van der Waals surface area contributed by atoms with Gasteiger partial charge in [0, 0.05) is 0 Å². The predicted octanol–water partition coefficient (Wildman–Crippen LogP) is 2.06. The topological polar surface area (TPSA) is 83.5 Å². The molecule has 0 aliphatic carbocycles. The van der Waals surface area contributed by atoms with Crippen LogP contribution in [0.3, 0.4) is 0 Å². The van der Waals surface area contributed by atoms with Gasteiger partial charge in [-0.1, -0.05) is 0 Å². The van der Waals surface area contributed by atoms with Crippen molar-refractivity contribution in [3.05, 3.63) is 29.6 Å². The van der Waals surface area contributed by atoms with Crippen LogP contribution in [-0.2, 0) is 10.0 Å². The van der Waals surface area contributed by atoms with Crippen LogP contribution in [-0.4, -0.2) is 24.2 Å². The van der Waals surface area contributed by atoms with Crippen LogP contribution in [0.4, 0.5) is 10.1 Å². The van der Waals surface area contributed by atoms with E-state index >= 15 is 0 Å². The van der Waals surface area contributed by atoms with Gasteiger partial charge in [0.15, 0.2) is 0 Å². The van der Waals surface area contributed by atoms with Crippen LogP contribution in [0.15, 0.2) is 18.2 Å². The minimum absolute atomic E-state index is 0.244. The average molecular weight is 275 g/mol. The molecular weight excluding hydrogens is 261 g/mol. The predicted molar refractivity (Wildman–Crippen MR) is 65.7 cm³/mol. The van der Waals surface area contributed by atoms with E-state index in [1.54, 1.807) is 0 Å². The molecule has 5 nitrogen and oxygen atoms in total. The van der Waals surface area contributed by atoms with Gasteiger partial charge in [0.25, 0.3) is 0 Å². The summed E-state index contributed by atoms with van der Waals surface area (Å²) in [7, 11) is -3.74. The van der Waals surface area contributed by atoms with Crippen molar-refractivity contribution < 1.29 is 22.7 Å². The highest BCUT2D eigenvalue weighted by molar-refractivity contribution is 7.94. The highest BCUT2D eigenvalue weighted by Crippen LogP contribution is 2.22. The molecule has 2 N–H and O–H groups in total. The maximum absolute atomic E-state index is 13.5. The number of rotatable bonds is 3. The van der Waals surface area contributed by atoms with E-state index in [1.807, 2.05) is 0 Å². The van der Waals surface area contributed by atoms with Crippen LogP contribution in [0.25, 0.3) is 0 Å². The highest BCUT2D eigenvalue weighted by atomic mass is 32.2. The van der Waals surface area contributed by atoms with Crippen molar-refractivity contribution in [3.63, 3.8) is 0 Å². The lowest BCUT2D eigenvalue weighted by Gasteiger charge is -2.20. The Morgan fingerprint density at radius 3 is 2.28 bits per heavy atom. The average Bonchev–Trinajstić information content (AvgIpc) is 2.18. The van der Waals surface area contributed by atoms with Gasteiger partial charge in [-0.15, -0.1) is 0 Å². The third-order valence-corrected chi connectivity index (χ3v) is 4.37. The summed E-state index contributed by atoms with van der Waals surface area (Å²) < 4.78 is 38.1. The van der Waals surface area contributed by atoms with Gasteiger partial charge < -0.3 is 5.11 Å². The van der Waals surface area contributed by atoms with Crippen molar-refractivity contribution in [1.82, 2.24) is 0 Å². The summed E-state index contributed by atoms with van der Waals surface area (Å²) in [6.45, 7) is 4.41. The molecule has 0 saturated carbocycles. The number of carboxylic acid groups (broad SMARTS) is 1. The van der Waals surface area contributed by atoms with Crippen molar-refractivity contribution in [2.45, 2.75) is 25.5 Å². The van der Waals surface area contributed by atoms with Crippen LogP contribution in [0.1, 0.15) is 31.1 Å². The highest BCUT2D eigenvalue weighted by Gasteiger charge is 2.29. The quantitative estimate of drug-likeness (QED) is 0.884. The first-order chi connectivity index (χ1) is 8.04. The second-order valence-corrected chi connectivity index (χ2v) is 7.15. The van der Waals surface area contributed by atoms with E-state index in [9.17, 15) is 17.6 Å². The third kappa shape index (κ3) is 2.98. The molecule has 18 heavy (non-hydrogen) atoms. The number of nitrogens with one attached hydrogen (secondary N) is 1. The largest absolute Gasteiger partial charge is 0.478 e. The molecule has 0 fully saturated rings. The number of benzene rings is 1. The number of carboxylic acids is 1. The Bertz CT molecular complexity index is 575. The Balaban J connectivity index is 3.11. The smallest absolute Gasteiger partial charge is 0.335 e. The number of sulfonamides is 1. The molecule has 0 unspecified atom stereocenters. The molecule has 0 saturated heterocycles. The van der Waals surface area contributed by atoms with Crippen LogP contribution in [0.2, 0.25) is 0 Å². The van der Waals surface area contributed by atoms with Gasteiger partial charge in [-0.3, -0.25) is 4.72 Å². The zero-order chi connectivity index (χ0) is 14.1. The lowest BCUT2D eigenvalue weighted by molar-refractivity contribution is 0.0696. The molecule has 0 amide bonds. The second kappa shape index (κ2) is 4.56. The van der Waals surface area contributed by atoms with E-state index in [1.165, 1.54) is 20.8 Å². The Morgan fingerprint density at radius 2 is 1.89 bits per heavy atom. The maximum Gasteiger partial charge on any atom is 0.335 e. The van der Waals surface area contributed by atoms with Crippen LogP contribution in [0.5, 0.6) is 0 Å². The van der Waals surface area contributed by atoms with Crippen LogP contribution in [0, 0.1) is 5.82 Å². The molecule has 0 radical (unpaired) electrons. The van der Waals surface area contributed by atoms with E-state index in [4.69, 9.17) is 5.11 Å². The SMILES string of the molecule is CC(C)(C)S(=O)(=O)Nc1ccc(C(=O)O)cc1F. The van der Waals surface area contributed by atoms with E-state index < -0.39 is 26.6 Å². The molecule has 100 valence electrons. The second-order valence-electron chi connectivity index (χ2n) is 4.72. The van der Waals surface area contributed by atoms with Crippen LogP contribution >= 0.6 is 0 Å². The van der Waals surface area contributed by atoms with Crippen molar-refractivity contribution >= 4 is 21.7 Å². The standard InChI is InChI=1S/C11H14FNO4S/c1-11(2,3)18(16,17)13-9-5-4-7(10(14)15)6-8(9)12/h4-6,13H,1-3H3,(H,14,15). The molecule has 0 aliphatic rings. The Kier molecular flexibility index (Phi) is 3.66. The number of aromatic carboxylic acids is 1.